The third kappa shape index (κ3) is 3.38. The minimum absolute atomic E-state index is 0.0257. The third-order valence-electron chi connectivity index (χ3n) is 3.46. The molecule has 112 valence electrons. The number of sulfonamides is 1. The van der Waals surface area contributed by atoms with Crippen molar-refractivity contribution in [1.29, 1.82) is 0 Å². The third-order valence-corrected chi connectivity index (χ3v) is 5.51. The number of benzene rings is 1. The van der Waals surface area contributed by atoms with Gasteiger partial charge in [0.2, 0.25) is 10.0 Å². The molecule has 5 nitrogen and oxygen atoms in total. The van der Waals surface area contributed by atoms with Crippen LogP contribution in [-0.2, 0) is 27.1 Å². The average Bonchev–Trinajstić information content (AvgIpc) is 2.38. The van der Waals surface area contributed by atoms with Gasteiger partial charge in [-0.05, 0) is 25.0 Å². The fourth-order valence-corrected chi connectivity index (χ4v) is 4.32. The minimum atomic E-state index is -3.37. The largest absolute Gasteiger partial charge is 0.392 e. The van der Waals surface area contributed by atoms with E-state index in [0.29, 0.717) is 19.8 Å². The van der Waals surface area contributed by atoms with Gasteiger partial charge in [0.05, 0.1) is 31.1 Å². The predicted octanol–water partition coefficient (Wildman–Crippen LogP) is 1.12. The molecule has 1 N–H and O–H groups in total. The summed E-state index contributed by atoms with van der Waals surface area (Å²) in [5, 5.41) is 8.99. The smallest absolute Gasteiger partial charge is 0.218 e. The summed E-state index contributed by atoms with van der Waals surface area (Å²) < 4.78 is 32.0. The monoisotopic (exact) mass is 299 g/mol. The molecule has 0 aromatic heterocycles. The summed E-state index contributed by atoms with van der Waals surface area (Å²) in [6, 6.07) is 6.98. The van der Waals surface area contributed by atoms with E-state index in [1.54, 1.807) is 24.3 Å². The van der Waals surface area contributed by atoms with Crippen molar-refractivity contribution < 1.29 is 18.3 Å². The van der Waals surface area contributed by atoms with E-state index in [2.05, 4.69) is 0 Å². The zero-order chi connectivity index (χ0) is 14.8. The number of aliphatic hydroxyl groups excluding tert-OH is 1. The molecule has 1 aromatic carbocycles. The number of rotatable bonds is 4. The van der Waals surface area contributed by atoms with E-state index in [9.17, 15) is 8.42 Å². The van der Waals surface area contributed by atoms with Crippen molar-refractivity contribution in [2.75, 3.05) is 19.8 Å². The molecule has 1 aromatic rings. The number of ether oxygens (including phenoxy) is 1. The predicted molar refractivity (Wildman–Crippen MR) is 76.6 cm³/mol. The summed E-state index contributed by atoms with van der Waals surface area (Å²) in [5.41, 5.74) is 0.990. The quantitative estimate of drug-likeness (QED) is 0.905. The Morgan fingerprint density at radius 2 is 1.85 bits per heavy atom. The van der Waals surface area contributed by atoms with Gasteiger partial charge in [-0.3, -0.25) is 0 Å². The molecule has 0 aliphatic carbocycles. The van der Waals surface area contributed by atoms with Crippen LogP contribution in [0.1, 0.15) is 25.0 Å². The zero-order valence-electron chi connectivity index (χ0n) is 11.9. The fraction of sp³-hybridized carbons (Fsp3) is 0.571. The van der Waals surface area contributed by atoms with E-state index >= 15 is 0 Å². The fourth-order valence-electron chi connectivity index (χ4n) is 2.39. The van der Waals surface area contributed by atoms with Crippen LogP contribution in [0, 0.1) is 0 Å². The maximum absolute atomic E-state index is 12.5. The topological polar surface area (TPSA) is 66.8 Å². The van der Waals surface area contributed by atoms with Crippen molar-refractivity contribution >= 4 is 10.0 Å². The minimum Gasteiger partial charge on any atom is -0.392 e. The Bertz CT molecular complexity index is 551. The Hall–Kier alpha value is -0.950. The lowest BCUT2D eigenvalue weighted by molar-refractivity contribution is -0.00777. The van der Waals surface area contributed by atoms with Crippen LogP contribution in [0.2, 0.25) is 0 Å². The first kappa shape index (κ1) is 15.4. The van der Waals surface area contributed by atoms with Crippen LogP contribution >= 0.6 is 0 Å². The highest BCUT2D eigenvalue weighted by atomic mass is 32.2. The molecule has 1 saturated heterocycles. The highest BCUT2D eigenvalue weighted by molar-refractivity contribution is 7.88. The van der Waals surface area contributed by atoms with Crippen molar-refractivity contribution in [1.82, 2.24) is 4.31 Å². The maximum Gasteiger partial charge on any atom is 0.218 e. The molecule has 20 heavy (non-hydrogen) atoms. The standard InChI is InChI=1S/C14H21NO4S/c1-14(2)11-19-8-7-15(14)20(17,18)10-13-5-3-12(9-16)4-6-13/h3-6,16H,7-11H2,1-2H3. The lowest BCUT2D eigenvalue weighted by atomic mass is 10.1. The van der Waals surface area contributed by atoms with Crippen LogP contribution in [0.5, 0.6) is 0 Å². The van der Waals surface area contributed by atoms with Crippen molar-refractivity contribution in [3.05, 3.63) is 35.4 Å². The van der Waals surface area contributed by atoms with Crippen LogP contribution in [-0.4, -0.2) is 43.1 Å². The number of morpholine rings is 1. The van der Waals surface area contributed by atoms with Crippen LogP contribution in [0.4, 0.5) is 0 Å². The van der Waals surface area contributed by atoms with Gasteiger partial charge in [-0.15, -0.1) is 0 Å². The van der Waals surface area contributed by atoms with E-state index < -0.39 is 15.6 Å². The van der Waals surface area contributed by atoms with Gasteiger partial charge in [-0.25, -0.2) is 8.42 Å². The molecule has 1 aliphatic rings. The second kappa shape index (κ2) is 5.81. The Morgan fingerprint density at radius 3 is 2.40 bits per heavy atom. The summed E-state index contributed by atoms with van der Waals surface area (Å²) in [4.78, 5) is 0. The number of hydrogen-bond acceptors (Lipinski definition) is 4. The Labute approximate surface area is 120 Å². The second-order valence-electron chi connectivity index (χ2n) is 5.67. The Morgan fingerprint density at radius 1 is 1.25 bits per heavy atom. The van der Waals surface area contributed by atoms with Crippen molar-refractivity contribution in [3.8, 4) is 0 Å². The first-order valence-electron chi connectivity index (χ1n) is 6.62. The van der Waals surface area contributed by atoms with Crippen LogP contribution in [0.3, 0.4) is 0 Å². The van der Waals surface area contributed by atoms with E-state index in [4.69, 9.17) is 9.84 Å². The molecule has 1 fully saturated rings. The van der Waals surface area contributed by atoms with Gasteiger partial charge < -0.3 is 9.84 Å². The van der Waals surface area contributed by atoms with Gasteiger partial charge in [0.1, 0.15) is 0 Å². The SMILES string of the molecule is CC1(C)COCCN1S(=O)(=O)Cc1ccc(CO)cc1. The van der Waals surface area contributed by atoms with E-state index in [1.165, 1.54) is 4.31 Å². The van der Waals surface area contributed by atoms with Crippen molar-refractivity contribution in [3.63, 3.8) is 0 Å². The molecule has 0 saturated carbocycles. The van der Waals surface area contributed by atoms with Crippen molar-refractivity contribution in [2.45, 2.75) is 31.7 Å². The molecule has 0 unspecified atom stereocenters. The molecule has 0 radical (unpaired) electrons. The van der Waals surface area contributed by atoms with E-state index in [-0.39, 0.29) is 12.4 Å². The van der Waals surface area contributed by atoms with Crippen LogP contribution < -0.4 is 0 Å². The zero-order valence-corrected chi connectivity index (χ0v) is 12.7. The highest BCUT2D eigenvalue weighted by Crippen LogP contribution is 2.25. The van der Waals surface area contributed by atoms with Crippen LogP contribution in [0.15, 0.2) is 24.3 Å². The van der Waals surface area contributed by atoms with E-state index in [1.807, 2.05) is 13.8 Å². The molecule has 1 aliphatic heterocycles. The van der Waals surface area contributed by atoms with Crippen LogP contribution in [0.25, 0.3) is 0 Å². The first-order chi connectivity index (χ1) is 9.35. The lowest BCUT2D eigenvalue weighted by Crippen LogP contribution is -2.55. The molecular formula is C14H21NO4S. The Kier molecular flexibility index (Phi) is 4.49. The van der Waals surface area contributed by atoms with Crippen molar-refractivity contribution in [2.24, 2.45) is 0 Å². The number of hydrogen-bond donors (Lipinski definition) is 1. The summed E-state index contributed by atoms with van der Waals surface area (Å²) >= 11 is 0. The highest BCUT2D eigenvalue weighted by Gasteiger charge is 2.38. The lowest BCUT2D eigenvalue weighted by Gasteiger charge is -2.40. The van der Waals surface area contributed by atoms with Gasteiger partial charge in [-0.1, -0.05) is 24.3 Å². The Balaban J connectivity index is 2.17. The van der Waals surface area contributed by atoms with Gasteiger partial charge in [0.25, 0.3) is 0 Å². The maximum atomic E-state index is 12.5. The average molecular weight is 299 g/mol. The van der Waals surface area contributed by atoms with Gasteiger partial charge in [-0.2, -0.15) is 4.31 Å². The number of nitrogens with zero attached hydrogens (tertiary/aromatic N) is 1. The van der Waals surface area contributed by atoms with Gasteiger partial charge in [0, 0.05) is 6.54 Å². The molecule has 0 spiro atoms. The van der Waals surface area contributed by atoms with Gasteiger partial charge in [0.15, 0.2) is 0 Å². The first-order valence-corrected chi connectivity index (χ1v) is 8.23. The second-order valence-corrected chi connectivity index (χ2v) is 7.56. The molecule has 6 heteroatoms. The summed E-state index contributed by atoms with van der Waals surface area (Å²) in [6.45, 7) is 4.95. The molecular weight excluding hydrogens is 278 g/mol. The number of aliphatic hydroxyl groups is 1. The molecule has 0 atom stereocenters. The normalized spacial score (nSPS) is 19.9. The summed E-state index contributed by atoms with van der Waals surface area (Å²) in [7, 11) is -3.37. The summed E-state index contributed by atoms with van der Waals surface area (Å²) in [5.74, 6) is -0.0257. The molecule has 2 rings (SSSR count). The van der Waals surface area contributed by atoms with E-state index in [0.717, 1.165) is 11.1 Å². The molecule has 1 heterocycles. The summed E-state index contributed by atoms with van der Waals surface area (Å²) in [6.07, 6.45) is 0. The molecule has 0 amide bonds. The molecule has 0 bridgehead atoms. The van der Waals surface area contributed by atoms with Gasteiger partial charge >= 0.3 is 0 Å².